The molecule has 6 heterocycles. The van der Waals surface area contributed by atoms with Crippen molar-refractivity contribution in [1.82, 2.24) is 19.9 Å². The fourth-order valence-corrected chi connectivity index (χ4v) is 4.14. The molecule has 0 unspecified atom stereocenters. The van der Waals surface area contributed by atoms with E-state index in [2.05, 4.69) is 19.9 Å². The Labute approximate surface area is 201 Å². The van der Waals surface area contributed by atoms with Gasteiger partial charge in [0.15, 0.2) is 0 Å². The van der Waals surface area contributed by atoms with Crippen LogP contribution in [0.4, 0.5) is 0 Å². The molecule has 6 rings (SSSR count). The van der Waals surface area contributed by atoms with Crippen molar-refractivity contribution < 1.29 is 9.47 Å². The second-order valence-corrected chi connectivity index (χ2v) is 8.59. The van der Waals surface area contributed by atoms with Crippen LogP contribution in [0.1, 0.15) is 70.6 Å². The van der Waals surface area contributed by atoms with Gasteiger partial charge in [-0.2, -0.15) is 0 Å². The van der Waals surface area contributed by atoms with E-state index in [-0.39, 0.29) is 0 Å². The molecule has 0 spiro atoms. The highest BCUT2D eigenvalue weighted by Crippen LogP contribution is 2.25. The highest BCUT2D eigenvalue weighted by Gasteiger charge is 2.24. The Morgan fingerprint density at radius 1 is 0.485 bits per heavy atom. The Kier molecular flexibility index (Phi) is 17.2. The summed E-state index contributed by atoms with van der Waals surface area (Å²) < 4.78 is 10.0. The maximum atomic E-state index is 5.07. The number of rotatable bonds is 0. The van der Waals surface area contributed by atoms with Gasteiger partial charge in [-0.1, -0.05) is 18.9 Å². The van der Waals surface area contributed by atoms with Crippen LogP contribution in [-0.4, -0.2) is 65.4 Å². The maximum absolute atomic E-state index is 5.07. The standard InChI is InChI=1S/C9H17N.C5H5N.C5H10O.C4H4N2.C4H8O/c1-3-7-10-8-4-2-6-9(10)5-1;2*1-2-4-6-5-3-1;1-2-6-4-3-5-1;1-2-4-5-3-1/h9H,1-8H2;1-5H;1-5H2;1-4H;1-4H2. The van der Waals surface area contributed by atoms with Gasteiger partial charge < -0.3 is 14.4 Å². The van der Waals surface area contributed by atoms with E-state index in [0.717, 1.165) is 32.5 Å². The number of hydrogen-bond acceptors (Lipinski definition) is 6. The highest BCUT2D eigenvalue weighted by molar-refractivity contribution is 4.88. The van der Waals surface area contributed by atoms with Crippen molar-refractivity contribution in [1.29, 1.82) is 0 Å². The summed E-state index contributed by atoms with van der Waals surface area (Å²) >= 11 is 0. The van der Waals surface area contributed by atoms with Crippen LogP contribution < -0.4 is 0 Å². The number of pyridine rings is 1. The van der Waals surface area contributed by atoms with E-state index in [1.54, 1.807) is 37.2 Å². The lowest BCUT2D eigenvalue weighted by molar-refractivity contribution is 0.0968. The molecule has 0 aliphatic carbocycles. The lowest BCUT2D eigenvalue weighted by Gasteiger charge is -2.39. The van der Waals surface area contributed by atoms with Gasteiger partial charge in [-0.25, -0.2) is 0 Å². The van der Waals surface area contributed by atoms with Crippen molar-refractivity contribution in [3.8, 4) is 0 Å². The van der Waals surface area contributed by atoms with E-state index in [1.165, 1.54) is 83.7 Å². The first-order valence-corrected chi connectivity index (χ1v) is 12.9. The summed E-state index contributed by atoms with van der Waals surface area (Å²) in [6.07, 6.45) is 25.4. The van der Waals surface area contributed by atoms with Crippen molar-refractivity contribution in [3.05, 3.63) is 55.4 Å². The molecule has 2 aromatic rings. The summed E-state index contributed by atoms with van der Waals surface area (Å²) in [7, 11) is 0. The minimum atomic E-state index is 0.988. The predicted molar refractivity (Wildman–Crippen MR) is 134 cm³/mol. The Bertz CT molecular complexity index is 494. The first-order valence-electron chi connectivity index (χ1n) is 12.9. The van der Waals surface area contributed by atoms with Gasteiger partial charge in [0, 0.05) is 69.7 Å². The van der Waals surface area contributed by atoms with E-state index in [0.29, 0.717) is 0 Å². The Morgan fingerprint density at radius 3 is 1.21 bits per heavy atom. The Hall–Kier alpha value is -1.89. The molecule has 4 fully saturated rings. The summed E-state index contributed by atoms with van der Waals surface area (Å²) in [5.74, 6) is 0. The summed E-state index contributed by atoms with van der Waals surface area (Å²) in [5.41, 5.74) is 0. The van der Waals surface area contributed by atoms with Gasteiger partial charge >= 0.3 is 0 Å². The summed E-state index contributed by atoms with van der Waals surface area (Å²) in [5, 5.41) is 0. The number of aromatic nitrogens is 3. The molecule has 2 aromatic heterocycles. The third-order valence-electron chi connectivity index (χ3n) is 5.93. The third kappa shape index (κ3) is 15.6. The summed E-state index contributed by atoms with van der Waals surface area (Å²) in [4.78, 5) is 13.9. The maximum Gasteiger partial charge on any atom is 0.0466 e. The minimum absolute atomic E-state index is 0.988. The molecule has 0 aromatic carbocycles. The number of piperidine rings is 2. The van der Waals surface area contributed by atoms with E-state index in [4.69, 9.17) is 9.47 Å². The predicted octanol–water partition coefficient (Wildman–Crippen LogP) is 5.57. The van der Waals surface area contributed by atoms with Crippen LogP contribution in [0.5, 0.6) is 0 Å². The van der Waals surface area contributed by atoms with Gasteiger partial charge in [0.05, 0.1) is 0 Å². The lowest BCUT2D eigenvalue weighted by atomic mass is 9.93. The number of nitrogens with zero attached hydrogens (tertiary/aromatic N) is 4. The quantitative estimate of drug-likeness (QED) is 0.517. The average molecular weight is 457 g/mol. The molecule has 4 saturated heterocycles. The van der Waals surface area contributed by atoms with Crippen molar-refractivity contribution >= 4 is 0 Å². The second-order valence-electron chi connectivity index (χ2n) is 8.59. The molecule has 0 saturated carbocycles. The van der Waals surface area contributed by atoms with Gasteiger partial charge in [0.25, 0.3) is 0 Å². The molecule has 4 aliphatic heterocycles. The van der Waals surface area contributed by atoms with Crippen molar-refractivity contribution in [2.45, 2.75) is 76.7 Å². The van der Waals surface area contributed by atoms with E-state index in [9.17, 15) is 0 Å². The zero-order valence-electron chi connectivity index (χ0n) is 20.4. The fraction of sp³-hybridized carbons (Fsp3) is 0.667. The molecule has 0 bridgehead atoms. The average Bonchev–Trinajstić information content (AvgIpc) is 3.54. The number of hydrogen-bond donors (Lipinski definition) is 0. The topological polar surface area (TPSA) is 60.4 Å². The minimum Gasteiger partial charge on any atom is -0.381 e. The van der Waals surface area contributed by atoms with E-state index >= 15 is 0 Å². The van der Waals surface area contributed by atoms with Crippen LogP contribution in [0.3, 0.4) is 0 Å². The first kappa shape index (κ1) is 27.4. The molecular formula is C27H44N4O2. The van der Waals surface area contributed by atoms with Gasteiger partial charge in [0.2, 0.25) is 0 Å². The van der Waals surface area contributed by atoms with Crippen molar-refractivity contribution in [2.75, 3.05) is 39.5 Å². The summed E-state index contributed by atoms with van der Waals surface area (Å²) in [6.45, 7) is 6.79. The van der Waals surface area contributed by atoms with Crippen LogP contribution in [0.25, 0.3) is 0 Å². The largest absolute Gasteiger partial charge is 0.381 e. The molecule has 6 nitrogen and oxygen atoms in total. The monoisotopic (exact) mass is 456 g/mol. The molecule has 6 heteroatoms. The lowest BCUT2D eigenvalue weighted by Crippen LogP contribution is -2.42. The van der Waals surface area contributed by atoms with Crippen molar-refractivity contribution in [3.63, 3.8) is 0 Å². The van der Waals surface area contributed by atoms with Crippen LogP contribution >= 0.6 is 0 Å². The molecular weight excluding hydrogens is 412 g/mol. The number of fused-ring (bicyclic) bond motifs is 1. The summed E-state index contributed by atoms with van der Waals surface area (Å²) in [6, 6.07) is 6.70. The smallest absolute Gasteiger partial charge is 0.0466 e. The molecule has 33 heavy (non-hydrogen) atoms. The zero-order chi connectivity index (χ0) is 23.1. The van der Waals surface area contributed by atoms with Crippen LogP contribution in [-0.2, 0) is 9.47 Å². The van der Waals surface area contributed by atoms with Crippen LogP contribution in [0.2, 0.25) is 0 Å². The highest BCUT2D eigenvalue weighted by atomic mass is 16.5. The van der Waals surface area contributed by atoms with E-state index < -0.39 is 0 Å². The number of ether oxygens (including phenoxy) is 2. The molecule has 4 aliphatic rings. The van der Waals surface area contributed by atoms with Gasteiger partial charge in [-0.05, 0) is 83.0 Å². The second kappa shape index (κ2) is 20.7. The van der Waals surface area contributed by atoms with Crippen molar-refractivity contribution in [2.24, 2.45) is 0 Å². The SMILES string of the molecule is C1CCN2CCCCC2C1.C1CCOC1.C1CCOCC1.c1ccncc1.c1cnccn1. The van der Waals surface area contributed by atoms with Gasteiger partial charge in [0.1, 0.15) is 0 Å². The van der Waals surface area contributed by atoms with Crippen LogP contribution in [0.15, 0.2) is 55.4 Å². The fourth-order valence-electron chi connectivity index (χ4n) is 4.14. The Balaban J connectivity index is 0.000000150. The van der Waals surface area contributed by atoms with Gasteiger partial charge in [-0.3, -0.25) is 15.0 Å². The zero-order valence-corrected chi connectivity index (χ0v) is 20.4. The molecule has 0 N–H and O–H groups in total. The third-order valence-corrected chi connectivity index (χ3v) is 5.93. The van der Waals surface area contributed by atoms with Crippen LogP contribution in [0, 0.1) is 0 Å². The normalized spacial score (nSPS) is 20.0. The van der Waals surface area contributed by atoms with Gasteiger partial charge in [-0.15, -0.1) is 0 Å². The first-order chi connectivity index (χ1) is 16.5. The Morgan fingerprint density at radius 2 is 0.939 bits per heavy atom. The van der Waals surface area contributed by atoms with E-state index in [1.807, 2.05) is 18.2 Å². The molecule has 0 amide bonds. The molecule has 0 radical (unpaired) electrons. The molecule has 0 atom stereocenters. The molecule has 184 valence electrons.